The average Bonchev–Trinajstić information content (AvgIpc) is 2.50. The third-order valence-electron chi connectivity index (χ3n) is 4.31. The summed E-state index contributed by atoms with van der Waals surface area (Å²) in [6.45, 7) is 8.59. The maximum atomic E-state index is 3.89. The van der Waals surface area contributed by atoms with Gasteiger partial charge >= 0.3 is 0 Å². The van der Waals surface area contributed by atoms with E-state index in [-0.39, 0.29) is 0 Å². The van der Waals surface area contributed by atoms with Crippen molar-refractivity contribution in [2.24, 2.45) is 0 Å². The highest BCUT2D eigenvalue weighted by Gasteiger charge is 1.94. The third-order valence-corrected chi connectivity index (χ3v) is 4.31. The zero-order chi connectivity index (χ0) is 15.4. The van der Waals surface area contributed by atoms with Gasteiger partial charge in [-0.05, 0) is 25.9 Å². The van der Waals surface area contributed by atoms with E-state index in [0.717, 1.165) is 6.42 Å². The molecule has 0 saturated heterocycles. The van der Waals surface area contributed by atoms with Crippen LogP contribution < -0.4 is 5.32 Å². The smallest absolute Gasteiger partial charge is 0.00489 e. The summed E-state index contributed by atoms with van der Waals surface area (Å²) >= 11 is 0. The summed E-state index contributed by atoms with van der Waals surface area (Å²) in [5.41, 5.74) is 0. The summed E-state index contributed by atoms with van der Waals surface area (Å²) < 4.78 is 0. The van der Waals surface area contributed by atoms with E-state index in [9.17, 15) is 0 Å². The lowest BCUT2D eigenvalue weighted by Gasteiger charge is -2.04. The van der Waals surface area contributed by atoms with Crippen LogP contribution in [0.1, 0.15) is 110 Å². The highest BCUT2D eigenvalue weighted by Crippen LogP contribution is 2.12. The lowest BCUT2D eigenvalue weighted by molar-refractivity contribution is 0.529. The predicted molar refractivity (Wildman–Crippen MR) is 97.8 cm³/mol. The van der Waals surface area contributed by atoms with E-state index in [0.29, 0.717) is 0 Å². The van der Waals surface area contributed by atoms with E-state index >= 15 is 0 Å². The molecule has 0 atom stereocenters. The van der Waals surface area contributed by atoms with Crippen LogP contribution >= 0.6 is 0 Å². The molecule has 1 radical (unpaired) electrons. The summed E-state index contributed by atoms with van der Waals surface area (Å²) in [6, 6.07) is 0. The lowest BCUT2D eigenvalue weighted by Crippen LogP contribution is -2.16. The van der Waals surface area contributed by atoms with Crippen LogP contribution in [0.2, 0.25) is 0 Å². The molecule has 0 unspecified atom stereocenters. The van der Waals surface area contributed by atoms with E-state index in [2.05, 4.69) is 19.2 Å². The summed E-state index contributed by atoms with van der Waals surface area (Å²) in [5, 5.41) is 3.53. The van der Waals surface area contributed by atoms with Gasteiger partial charge in [0, 0.05) is 0 Å². The first kappa shape index (κ1) is 21.0. The molecular formula is C20H42N. The average molecular weight is 297 g/mol. The summed E-state index contributed by atoms with van der Waals surface area (Å²) in [5.74, 6) is 0. The van der Waals surface area contributed by atoms with Crippen LogP contribution in [0.25, 0.3) is 0 Å². The maximum Gasteiger partial charge on any atom is -0.00489 e. The quantitative estimate of drug-likeness (QED) is 0.278. The van der Waals surface area contributed by atoms with E-state index < -0.39 is 0 Å². The molecule has 1 N–H and O–H groups in total. The Morgan fingerprint density at radius 1 is 0.524 bits per heavy atom. The molecular weight excluding hydrogens is 254 g/mol. The molecule has 0 aromatic heterocycles. The Morgan fingerprint density at radius 3 is 1.33 bits per heavy atom. The first-order valence-corrected chi connectivity index (χ1v) is 9.91. The fraction of sp³-hybridized carbons (Fsp3) is 0.950. The van der Waals surface area contributed by atoms with Gasteiger partial charge in [-0.25, -0.2) is 0 Å². The fourth-order valence-electron chi connectivity index (χ4n) is 2.80. The Morgan fingerprint density at radius 2 is 0.905 bits per heavy atom. The van der Waals surface area contributed by atoms with Gasteiger partial charge in [0.05, 0.1) is 0 Å². The molecule has 0 fully saturated rings. The van der Waals surface area contributed by atoms with Crippen molar-refractivity contribution in [3.05, 3.63) is 6.92 Å². The Hall–Kier alpha value is -0.0400. The van der Waals surface area contributed by atoms with Crippen molar-refractivity contribution in [1.29, 1.82) is 0 Å². The number of hydrogen-bond acceptors (Lipinski definition) is 1. The van der Waals surface area contributed by atoms with Gasteiger partial charge in [0.15, 0.2) is 0 Å². The number of rotatable bonds is 18. The molecule has 127 valence electrons. The topological polar surface area (TPSA) is 12.0 Å². The molecule has 21 heavy (non-hydrogen) atoms. The first-order valence-electron chi connectivity index (χ1n) is 9.91. The van der Waals surface area contributed by atoms with E-state index in [4.69, 9.17) is 0 Å². The highest BCUT2D eigenvalue weighted by molar-refractivity contribution is 4.51. The zero-order valence-corrected chi connectivity index (χ0v) is 14.9. The molecule has 0 amide bonds. The van der Waals surface area contributed by atoms with E-state index in [1.54, 1.807) is 0 Å². The molecule has 0 spiro atoms. The minimum Gasteiger partial charge on any atom is -0.317 e. The third kappa shape index (κ3) is 20.0. The molecule has 0 aliphatic rings. The number of unbranched alkanes of at least 4 members (excludes halogenated alkanes) is 14. The van der Waals surface area contributed by atoms with Crippen LogP contribution in [0.15, 0.2) is 0 Å². The molecule has 0 aromatic carbocycles. The van der Waals surface area contributed by atoms with Gasteiger partial charge in [-0.3, -0.25) is 0 Å². The van der Waals surface area contributed by atoms with Crippen LogP contribution in [0.4, 0.5) is 0 Å². The minimum absolute atomic E-state index is 1.12. The Balaban J connectivity index is 2.90. The molecule has 0 saturated carbocycles. The highest BCUT2D eigenvalue weighted by atomic mass is 14.8. The molecule has 0 aliphatic heterocycles. The number of nitrogens with one attached hydrogen (secondary N) is 1. The second kappa shape index (κ2) is 20.0. The lowest BCUT2D eigenvalue weighted by atomic mass is 10.0. The van der Waals surface area contributed by atoms with E-state index in [1.807, 2.05) is 0 Å². The second-order valence-corrected chi connectivity index (χ2v) is 6.55. The van der Waals surface area contributed by atoms with Gasteiger partial charge in [0.1, 0.15) is 0 Å². The van der Waals surface area contributed by atoms with Gasteiger partial charge in [-0.1, -0.05) is 104 Å². The van der Waals surface area contributed by atoms with Crippen molar-refractivity contribution >= 4 is 0 Å². The SMILES string of the molecule is [CH2]CCCCCCCCCCCCCCCNCCCC. The zero-order valence-electron chi connectivity index (χ0n) is 14.9. The maximum absolute atomic E-state index is 3.89. The monoisotopic (exact) mass is 296 g/mol. The van der Waals surface area contributed by atoms with Crippen molar-refractivity contribution in [3.8, 4) is 0 Å². The Bertz CT molecular complexity index is 149. The van der Waals surface area contributed by atoms with Crippen LogP contribution in [0.5, 0.6) is 0 Å². The molecule has 0 aliphatic carbocycles. The summed E-state index contributed by atoms with van der Waals surface area (Å²) in [6.07, 6.45) is 22.4. The second-order valence-electron chi connectivity index (χ2n) is 6.55. The first-order chi connectivity index (χ1) is 10.4. The molecule has 0 rings (SSSR count). The van der Waals surface area contributed by atoms with Crippen LogP contribution in [-0.4, -0.2) is 13.1 Å². The van der Waals surface area contributed by atoms with Crippen LogP contribution in [-0.2, 0) is 0 Å². The van der Waals surface area contributed by atoms with Gasteiger partial charge in [0.25, 0.3) is 0 Å². The minimum atomic E-state index is 1.12. The van der Waals surface area contributed by atoms with Crippen LogP contribution in [0.3, 0.4) is 0 Å². The summed E-state index contributed by atoms with van der Waals surface area (Å²) in [7, 11) is 0. The Kier molecular flexibility index (Phi) is 19.9. The van der Waals surface area contributed by atoms with Crippen molar-refractivity contribution in [2.75, 3.05) is 13.1 Å². The number of hydrogen-bond donors (Lipinski definition) is 1. The summed E-state index contributed by atoms with van der Waals surface area (Å²) in [4.78, 5) is 0. The molecule has 1 heteroatoms. The molecule has 0 bridgehead atoms. The normalized spacial score (nSPS) is 11.1. The standard InChI is InChI=1S/C20H42N/c1-3-5-7-8-9-10-11-12-13-14-15-16-17-18-20-21-19-6-4-2/h21H,1,3-20H2,2H3. The molecule has 0 aromatic rings. The Labute approximate surface area is 135 Å². The van der Waals surface area contributed by atoms with Crippen molar-refractivity contribution in [2.45, 2.75) is 110 Å². The van der Waals surface area contributed by atoms with Crippen molar-refractivity contribution < 1.29 is 0 Å². The predicted octanol–water partition coefficient (Wildman–Crippen LogP) is 6.67. The van der Waals surface area contributed by atoms with Gasteiger partial charge in [-0.15, -0.1) is 0 Å². The fourth-order valence-corrected chi connectivity index (χ4v) is 2.80. The molecule has 0 heterocycles. The van der Waals surface area contributed by atoms with E-state index in [1.165, 1.54) is 109 Å². The van der Waals surface area contributed by atoms with Crippen molar-refractivity contribution in [3.63, 3.8) is 0 Å². The molecule has 1 nitrogen and oxygen atoms in total. The van der Waals surface area contributed by atoms with Crippen molar-refractivity contribution in [1.82, 2.24) is 5.32 Å². The largest absolute Gasteiger partial charge is 0.317 e. The van der Waals surface area contributed by atoms with Gasteiger partial charge in [-0.2, -0.15) is 0 Å². The van der Waals surface area contributed by atoms with Crippen LogP contribution in [0, 0.1) is 6.92 Å². The van der Waals surface area contributed by atoms with Gasteiger partial charge < -0.3 is 5.32 Å². The van der Waals surface area contributed by atoms with Gasteiger partial charge in [0.2, 0.25) is 0 Å².